The van der Waals surface area contributed by atoms with Crippen molar-refractivity contribution in [1.82, 2.24) is 4.98 Å². The lowest BCUT2D eigenvalue weighted by molar-refractivity contribution is 0.484. The van der Waals surface area contributed by atoms with Crippen molar-refractivity contribution in [3.05, 3.63) is 29.4 Å². The van der Waals surface area contributed by atoms with E-state index in [0.717, 1.165) is 0 Å². The molecule has 0 spiro atoms. The quantitative estimate of drug-likeness (QED) is 0.635. The van der Waals surface area contributed by atoms with Crippen molar-refractivity contribution >= 4 is 35.8 Å². The molecule has 0 aliphatic rings. The van der Waals surface area contributed by atoms with Gasteiger partial charge in [0.15, 0.2) is 0 Å². The molecule has 0 aliphatic carbocycles. The van der Waals surface area contributed by atoms with Crippen LogP contribution in [0.4, 0.5) is 0 Å². The highest BCUT2D eigenvalue weighted by molar-refractivity contribution is 6.41. The molecular formula is C9H5BClNO. The number of phenols is 1. The van der Waals surface area contributed by atoms with Crippen molar-refractivity contribution in [2.24, 2.45) is 0 Å². The van der Waals surface area contributed by atoms with E-state index < -0.39 is 0 Å². The molecule has 2 nitrogen and oxygen atoms in total. The van der Waals surface area contributed by atoms with Crippen LogP contribution in [0.3, 0.4) is 0 Å². The number of nitrogens with zero attached hydrogens (tertiary/aromatic N) is 1. The fraction of sp³-hybridized carbons (Fsp3) is 0. The third-order valence-electron chi connectivity index (χ3n) is 1.84. The summed E-state index contributed by atoms with van der Waals surface area (Å²) in [5, 5.41) is 10.7. The monoisotopic (exact) mass is 189 g/mol. The minimum absolute atomic E-state index is 0.0139. The number of pyridine rings is 1. The van der Waals surface area contributed by atoms with Gasteiger partial charge in [0, 0.05) is 16.6 Å². The van der Waals surface area contributed by atoms with E-state index in [2.05, 4.69) is 4.98 Å². The van der Waals surface area contributed by atoms with Crippen molar-refractivity contribution in [3.8, 4) is 5.75 Å². The third kappa shape index (κ3) is 1.25. The van der Waals surface area contributed by atoms with Crippen LogP contribution in [0.2, 0.25) is 5.02 Å². The van der Waals surface area contributed by atoms with Gasteiger partial charge in [-0.25, -0.2) is 0 Å². The van der Waals surface area contributed by atoms with Crippen molar-refractivity contribution in [2.45, 2.75) is 0 Å². The van der Waals surface area contributed by atoms with Gasteiger partial charge >= 0.3 is 0 Å². The average Bonchev–Trinajstić information content (AvgIpc) is 2.15. The highest BCUT2D eigenvalue weighted by Crippen LogP contribution is 2.26. The molecule has 0 saturated carbocycles. The molecule has 13 heavy (non-hydrogen) atoms. The minimum atomic E-state index is -0.0139. The van der Waals surface area contributed by atoms with Crippen LogP contribution in [-0.4, -0.2) is 17.9 Å². The Labute approximate surface area is 81.6 Å². The van der Waals surface area contributed by atoms with Crippen LogP contribution in [-0.2, 0) is 0 Å². The lowest BCUT2D eigenvalue weighted by Crippen LogP contribution is -2.03. The zero-order chi connectivity index (χ0) is 9.42. The predicted molar refractivity (Wildman–Crippen MR) is 53.8 cm³/mol. The van der Waals surface area contributed by atoms with Crippen LogP contribution >= 0.6 is 11.6 Å². The average molecular weight is 189 g/mol. The van der Waals surface area contributed by atoms with Crippen LogP contribution in [0.15, 0.2) is 24.4 Å². The molecule has 2 aromatic rings. The highest BCUT2D eigenvalue weighted by Gasteiger charge is 2.06. The van der Waals surface area contributed by atoms with Gasteiger partial charge in [0.1, 0.15) is 19.1 Å². The molecule has 1 aromatic heterocycles. The summed E-state index contributed by atoms with van der Waals surface area (Å²) in [5.74, 6) is -0.0139. The number of aromatic nitrogens is 1. The molecule has 1 N–H and O–H groups in total. The molecule has 2 radical (unpaired) electrons. The topological polar surface area (TPSA) is 33.1 Å². The van der Waals surface area contributed by atoms with E-state index in [0.29, 0.717) is 15.9 Å². The van der Waals surface area contributed by atoms with Gasteiger partial charge in [-0.15, -0.1) is 0 Å². The van der Waals surface area contributed by atoms with E-state index in [1.54, 1.807) is 18.3 Å². The molecule has 62 valence electrons. The second-order valence-electron chi connectivity index (χ2n) is 2.70. The smallest absolute Gasteiger partial charge is 0.134 e. The van der Waals surface area contributed by atoms with Gasteiger partial charge in [0.05, 0.1) is 0 Å². The zero-order valence-electron chi connectivity index (χ0n) is 6.66. The van der Waals surface area contributed by atoms with Crippen LogP contribution < -0.4 is 5.46 Å². The second kappa shape index (κ2) is 2.93. The Kier molecular flexibility index (Phi) is 1.89. The fourth-order valence-electron chi connectivity index (χ4n) is 1.21. The largest absolute Gasteiger partial charge is 0.506 e. The molecule has 0 bridgehead atoms. The van der Waals surface area contributed by atoms with Crippen molar-refractivity contribution in [1.29, 1.82) is 0 Å². The number of hydrogen-bond donors (Lipinski definition) is 1. The number of phenolic OH excluding ortho intramolecular Hbond substituents is 1. The Balaban J connectivity index is 2.97. The van der Waals surface area contributed by atoms with Crippen LogP contribution in [0.5, 0.6) is 5.75 Å². The first-order valence-corrected chi connectivity index (χ1v) is 4.09. The summed E-state index contributed by atoms with van der Waals surface area (Å²) in [6.45, 7) is 0. The van der Waals surface area contributed by atoms with E-state index in [1.807, 2.05) is 0 Å². The first kappa shape index (κ1) is 8.39. The second-order valence-corrected chi connectivity index (χ2v) is 3.10. The Hall–Kier alpha value is -1.22. The lowest BCUT2D eigenvalue weighted by Gasteiger charge is -2.04. The first-order chi connectivity index (χ1) is 6.20. The first-order valence-electron chi connectivity index (χ1n) is 3.72. The molecule has 1 heterocycles. The molecule has 4 heteroatoms. The maximum absolute atomic E-state index is 9.54. The maximum atomic E-state index is 9.54. The number of halogens is 1. The summed E-state index contributed by atoms with van der Waals surface area (Å²) in [5.41, 5.74) is 0.684. The van der Waals surface area contributed by atoms with E-state index in [-0.39, 0.29) is 11.2 Å². The van der Waals surface area contributed by atoms with Gasteiger partial charge in [-0.3, -0.25) is 4.98 Å². The van der Waals surface area contributed by atoms with Crippen molar-refractivity contribution in [2.75, 3.05) is 0 Å². The van der Waals surface area contributed by atoms with E-state index in [1.165, 1.54) is 6.07 Å². The number of fused-ring (bicyclic) bond motifs is 1. The van der Waals surface area contributed by atoms with Crippen LogP contribution in [0.1, 0.15) is 0 Å². The Morgan fingerprint density at radius 3 is 3.00 bits per heavy atom. The maximum Gasteiger partial charge on any atom is 0.134 e. The van der Waals surface area contributed by atoms with E-state index in [9.17, 15) is 5.11 Å². The highest BCUT2D eigenvalue weighted by atomic mass is 35.5. The Morgan fingerprint density at radius 1 is 1.46 bits per heavy atom. The molecule has 0 amide bonds. The van der Waals surface area contributed by atoms with Gasteiger partial charge < -0.3 is 5.11 Å². The van der Waals surface area contributed by atoms with Gasteiger partial charge in [-0.1, -0.05) is 17.1 Å². The number of aromatic hydroxyl groups is 1. The summed E-state index contributed by atoms with van der Waals surface area (Å²) in [6, 6.07) is 5.05. The molecule has 1 aromatic carbocycles. The van der Waals surface area contributed by atoms with Gasteiger partial charge in [0.2, 0.25) is 0 Å². The SMILES string of the molecule is [B]c1cc(Cl)c2cccnc2c1O. The molecule has 0 saturated heterocycles. The normalized spacial score (nSPS) is 10.5. The molecule has 0 atom stereocenters. The Morgan fingerprint density at radius 2 is 2.23 bits per heavy atom. The third-order valence-corrected chi connectivity index (χ3v) is 2.16. The summed E-state index contributed by atoms with van der Waals surface area (Å²) in [6.07, 6.45) is 1.58. The molecular weight excluding hydrogens is 184 g/mol. The Bertz CT molecular complexity index is 472. The van der Waals surface area contributed by atoms with Crippen molar-refractivity contribution in [3.63, 3.8) is 0 Å². The lowest BCUT2D eigenvalue weighted by atomic mass is 9.93. The predicted octanol–water partition coefficient (Wildman–Crippen LogP) is 1.39. The number of benzene rings is 1. The standard InChI is InChI=1S/C9H5BClNO/c10-6-4-7(11)5-2-1-3-12-8(5)9(6)13/h1-4,13H. The van der Waals surface area contributed by atoms with Crippen molar-refractivity contribution < 1.29 is 5.11 Å². The summed E-state index contributed by atoms with van der Waals surface area (Å²) in [4.78, 5) is 3.99. The number of rotatable bonds is 0. The van der Waals surface area contributed by atoms with Crippen LogP contribution in [0.25, 0.3) is 10.9 Å². The summed E-state index contributed by atoms with van der Waals surface area (Å²) in [7, 11) is 5.51. The minimum Gasteiger partial charge on any atom is -0.506 e. The van der Waals surface area contributed by atoms with E-state index >= 15 is 0 Å². The molecule has 2 rings (SSSR count). The van der Waals surface area contributed by atoms with Gasteiger partial charge in [-0.2, -0.15) is 0 Å². The van der Waals surface area contributed by atoms with Gasteiger partial charge in [-0.05, 0) is 18.2 Å². The fourth-order valence-corrected chi connectivity index (χ4v) is 1.48. The molecule has 0 fully saturated rings. The van der Waals surface area contributed by atoms with Crippen LogP contribution in [0, 0.1) is 0 Å². The zero-order valence-corrected chi connectivity index (χ0v) is 7.42. The molecule has 0 aliphatic heterocycles. The van der Waals surface area contributed by atoms with E-state index in [4.69, 9.17) is 19.4 Å². The molecule has 0 unspecified atom stereocenters. The summed E-state index contributed by atoms with van der Waals surface area (Å²) >= 11 is 5.90. The number of hydrogen-bond acceptors (Lipinski definition) is 2. The summed E-state index contributed by atoms with van der Waals surface area (Å²) < 4.78 is 0. The van der Waals surface area contributed by atoms with Gasteiger partial charge in [0.25, 0.3) is 0 Å².